The fourth-order valence-corrected chi connectivity index (χ4v) is 1.54. The van der Waals surface area contributed by atoms with E-state index in [0.29, 0.717) is 0 Å². The standard InChI is InChI=1S/C15H23NO/c1-6-12-7-9-13(10-8-12)11(2)16-14(17)15(3,4)5/h7-11H,6H2,1-5H3,(H,16,17)/t11-/m0/s1. The Morgan fingerprint density at radius 1 is 1.24 bits per heavy atom. The fourth-order valence-electron chi connectivity index (χ4n) is 1.54. The number of hydrogen-bond donors (Lipinski definition) is 1. The number of nitrogens with one attached hydrogen (secondary N) is 1. The Balaban J connectivity index is 2.70. The first-order chi connectivity index (χ1) is 7.84. The third-order valence-electron chi connectivity index (χ3n) is 2.92. The van der Waals surface area contributed by atoms with Gasteiger partial charge in [-0.05, 0) is 24.5 Å². The lowest BCUT2D eigenvalue weighted by Gasteiger charge is -2.22. The summed E-state index contributed by atoms with van der Waals surface area (Å²) < 4.78 is 0. The highest BCUT2D eigenvalue weighted by atomic mass is 16.2. The molecule has 0 bridgehead atoms. The van der Waals surface area contributed by atoms with Crippen molar-refractivity contribution in [3.8, 4) is 0 Å². The molecule has 0 heterocycles. The molecule has 2 heteroatoms. The van der Waals surface area contributed by atoms with Crippen LogP contribution in [0, 0.1) is 5.41 Å². The third-order valence-corrected chi connectivity index (χ3v) is 2.92. The molecular formula is C15H23NO. The van der Waals surface area contributed by atoms with Crippen LogP contribution in [0.2, 0.25) is 0 Å². The lowest BCUT2D eigenvalue weighted by atomic mass is 9.94. The van der Waals surface area contributed by atoms with E-state index in [9.17, 15) is 4.79 Å². The number of carbonyl (C=O) groups is 1. The predicted molar refractivity (Wildman–Crippen MR) is 71.8 cm³/mol. The van der Waals surface area contributed by atoms with E-state index in [1.165, 1.54) is 5.56 Å². The summed E-state index contributed by atoms with van der Waals surface area (Å²) in [7, 11) is 0. The maximum atomic E-state index is 11.9. The van der Waals surface area contributed by atoms with Crippen molar-refractivity contribution in [2.45, 2.75) is 47.1 Å². The summed E-state index contributed by atoms with van der Waals surface area (Å²) in [6.07, 6.45) is 1.04. The highest BCUT2D eigenvalue weighted by Gasteiger charge is 2.22. The molecule has 1 N–H and O–H groups in total. The zero-order valence-electron chi connectivity index (χ0n) is 11.5. The first-order valence-corrected chi connectivity index (χ1v) is 6.24. The van der Waals surface area contributed by atoms with Crippen LogP contribution in [0.15, 0.2) is 24.3 Å². The van der Waals surface area contributed by atoms with E-state index in [2.05, 4.69) is 36.5 Å². The average Bonchev–Trinajstić information content (AvgIpc) is 2.27. The summed E-state index contributed by atoms with van der Waals surface area (Å²) in [6, 6.07) is 8.48. The van der Waals surface area contributed by atoms with Crippen molar-refractivity contribution in [1.29, 1.82) is 0 Å². The van der Waals surface area contributed by atoms with Crippen molar-refractivity contribution < 1.29 is 4.79 Å². The molecule has 0 spiro atoms. The van der Waals surface area contributed by atoms with Gasteiger partial charge in [0.15, 0.2) is 0 Å². The molecule has 0 aliphatic rings. The first-order valence-electron chi connectivity index (χ1n) is 6.24. The van der Waals surface area contributed by atoms with Gasteiger partial charge in [0.05, 0.1) is 6.04 Å². The van der Waals surface area contributed by atoms with Crippen molar-refractivity contribution in [3.05, 3.63) is 35.4 Å². The molecule has 0 aliphatic heterocycles. The van der Waals surface area contributed by atoms with Gasteiger partial charge in [-0.2, -0.15) is 0 Å². The van der Waals surface area contributed by atoms with Crippen LogP contribution < -0.4 is 5.32 Å². The third kappa shape index (κ3) is 3.88. The quantitative estimate of drug-likeness (QED) is 0.851. The zero-order valence-corrected chi connectivity index (χ0v) is 11.5. The Hall–Kier alpha value is -1.31. The second-order valence-electron chi connectivity index (χ2n) is 5.54. The topological polar surface area (TPSA) is 29.1 Å². The monoisotopic (exact) mass is 233 g/mol. The second kappa shape index (κ2) is 5.35. The summed E-state index contributed by atoms with van der Waals surface area (Å²) in [5, 5.41) is 3.03. The SMILES string of the molecule is CCc1ccc([C@H](C)NC(=O)C(C)(C)C)cc1. The summed E-state index contributed by atoms with van der Waals surface area (Å²) >= 11 is 0. The van der Waals surface area contributed by atoms with Gasteiger partial charge in [0.1, 0.15) is 0 Å². The van der Waals surface area contributed by atoms with Crippen LogP contribution >= 0.6 is 0 Å². The molecular weight excluding hydrogens is 210 g/mol. The predicted octanol–water partition coefficient (Wildman–Crippen LogP) is 3.47. The van der Waals surface area contributed by atoms with Crippen molar-refractivity contribution in [3.63, 3.8) is 0 Å². The number of amides is 1. The smallest absolute Gasteiger partial charge is 0.225 e. The van der Waals surface area contributed by atoms with Crippen molar-refractivity contribution in [2.24, 2.45) is 5.41 Å². The summed E-state index contributed by atoms with van der Waals surface area (Å²) in [4.78, 5) is 11.9. The van der Waals surface area contributed by atoms with Crippen molar-refractivity contribution in [2.75, 3.05) is 0 Å². The second-order valence-corrected chi connectivity index (χ2v) is 5.54. The average molecular weight is 233 g/mol. The minimum atomic E-state index is -0.336. The largest absolute Gasteiger partial charge is 0.349 e. The summed E-state index contributed by atoms with van der Waals surface area (Å²) in [5.41, 5.74) is 2.14. The maximum Gasteiger partial charge on any atom is 0.225 e. The molecule has 0 aromatic heterocycles. The van der Waals surface area contributed by atoms with Crippen molar-refractivity contribution in [1.82, 2.24) is 5.32 Å². The van der Waals surface area contributed by atoms with Crippen LogP contribution in [0.3, 0.4) is 0 Å². The minimum absolute atomic E-state index is 0.0626. The van der Waals surface area contributed by atoms with E-state index >= 15 is 0 Å². The van der Waals surface area contributed by atoms with E-state index in [0.717, 1.165) is 12.0 Å². The summed E-state index contributed by atoms with van der Waals surface area (Å²) in [6.45, 7) is 9.93. The lowest BCUT2D eigenvalue weighted by Crippen LogP contribution is -2.36. The maximum absolute atomic E-state index is 11.9. The Morgan fingerprint density at radius 2 is 1.76 bits per heavy atom. The van der Waals surface area contributed by atoms with Crippen LogP contribution in [-0.4, -0.2) is 5.91 Å². The number of hydrogen-bond acceptors (Lipinski definition) is 1. The Morgan fingerprint density at radius 3 is 2.18 bits per heavy atom. The molecule has 1 amide bonds. The molecule has 17 heavy (non-hydrogen) atoms. The zero-order chi connectivity index (χ0) is 13.1. The van der Waals surface area contributed by atoms with Gasteiger partial charge in [0, 0.05) is 5.41 Å². The molecule has 1 atom stereocenters. The van der Waals surface area contributed by atoms with E-state index in [1.807, 2.05) is 27.7 Å². The Labute approximate surface area is 104 Å². The molecule has 0 aliphatic carbocycles. The molecule has 94 valence electrons. The van der Waals surface area contributed by atoms with Gasteiger partial charge in [-0.3, -0.25) is 4.79 Å². The normalized spacial score (nSPS) is 13.2. The molecule has 0 fully saturated rings. The van der Waals surface area contributed by atoms with Crippen LogP contribution in [-0.2, 0) is 11.2 Å². The highest BCUT2D eigenvalue weighted by Crippen LogP contribution is 2.18. The van der Waals surface area contributed by atoms with Crippen LogP contribution in [0.25, 0.3) is 0 Å². The number of benzene rings is 1. The highest BCUT2D eigenvalue weighted by molar-refractivity contribution is 5.81. The molecule has 1 aromatic rings. The molecule has 0 unspecified atom stereocenters. The van der Waals surface area contributed by atoms with E-state index in [4.69, 9.17) is 0 Å². The van der Waals surface area contributed by atoms with Gasteiger partial charge in [0.25, 0.3) is 0 Å². The molecule has 1 rings (SSSR count). The van der Waals surface area contributed by atoms with Gasteiger partial charge in [-0.25, -0.2) is 0 Å². The Bertz CT molecular complexity index is 373. The first kappa shape index (κ1) is 13.8. The molecule has 0 saturated carbocycles. The fraction of sp³-hybridized carbons (Fsp3) is 0.533. The van der Waals surface area contributed by atoms with Crippen LogP contribution in [0.5, 0.6) is 0 Å². The van der Waals surface area contributed by atoms with Crippen molar-refractivity contribution >= 4 is 5.91 Å². The lowest BCUT2D eigenvalue weighted by molar-refractivity contribution is -0.129. The molecule has 0 saturated heterocycles. The molecule has 0 radical (unpaired) electrons. The van der Waals surface area contributed by atoms with Crippen LogP contribution in [0.1, 0.15) is 51.8 Å². The number of carbonyl (C=O) groups excluding carboxylic acids is 1. The molecule has 1 aromatic carbocycles. The van der Waals surface area contributed by atoms with Gasteiger partial charge in [0.2, 0.25) is 5.91 Å². The van der Waals surface area contributed by atoms with Gasteiger partial charge >= 0.3 is 0 Å². The summed E-state index contributed by atoms with van der Waals surface area (Å²) in [5.74, 6) is 0.0876. The van der Waals surface area contributed by atoms with Gasteiger partial charge in [-0.15, -0.1) is 0 Å². The number of aryl methyl sites for hydroxylation is 1. The van der Waals surface area contributed by atoms with E-state index in [1.54, 1.807) is 0 Å². The Kier molecular flexibility index (Phi) is 4.33. The van der Waals surface area contributed by atoms with E-state index in [-0.39, 0.29) is 17.4 Å². The minimum Gasteiger partial charge on any atom is -0.349 e. The number of rotatable bonds is 3. The van der Waals surface area contributed by atoms with Crippen LogP contribution in [0.4, 0.5) is 0 Å². The van der Waals surface area contributed by atoms with E-state index < -0.39 is 0 Å². The van der Waals surface area contributed by atoms with Gasteiger partial charge in [-0.1, -0.05) is 52.0 Å². The molecule has 2 nitrogen and oxygen atoms in total. The van der Waals surface area contributed by atoms with Gasteiger partial charge < -0.3 is 5.32 Å².